The molecule has 1 aromatic rings. The summed E-state index contributed by atoms with van der Waals surface area (Å²) < 4.78 is 76.2. The number of hydrogen-bond acceptors (Lipinski definition) is 4. The maximum absolute atomic E-state index is 13.6. The van der Waals surface area contributed by atoms with Crippen molar-refractivity contribution in [1.82, 2.24) is 4.90 Å². The SMILES string of the molecule is CC(C)(C)OC(=O)N1CCCC1C(=O)Oc1c(F)c(F)c(F)c(F)c1F. The quantitative estimate of drug-likeness (QED) is 0.258. The van der Waals surface area contributed by atoms with Gasteiger partial charge in [-0.25, -0.2) is 22.8 Å². The molecule has 0 N–H and O–H groups in total. The van der Waals surface area contributed by atoms with Crippen molar-refractivity contribution in [2.24, 2.45) is 0 Å². The van der Waals surface area contributed by atoms with Crippen LogP contribution >= 0.6 is 0 Å². The van der Waals surface area contributed by atoms with Gasteiger partial charge in [-0.2, -0.15) is 8.78 Å². The third-order valence-corrected chi connectivity index (χ3v) is 3.53. The number of benzene rings is 1. The van der Waals surface area contributed by atoms with Crippen LogP contribution in [0.1, 0.15) is 33.6 Å². The fourth-order valence-corrected chi connectivity index (χ4v) is 2.39. The van der Waals surface area contributed by atoms with E-state index in [1.807, 2.05) is 0 Å². The molecule has 1 aromatic carbocycles. The molecule has 26 heavy (non-hydrogen) atoms. The normalized spacial score (nSPS) is 17.4. The monoisotopic (exact) mass is 381 g/mol. The first-order valence-corrected chi connectivity index (χ1v) is 7.66. The molecular formula is C16H16F5NO4. The zero-order valence-electron chi connectivity index (χ0n) is 14.2. The highest BCUT2D eigenvalue weighted by Gasteiger charge is 2.39. The minimum atomic E-state index is -2.36. The van der Waals surface area contributed by atoms with E-state index in [4.69, 9.17) is 4.74 Å². The summed E-state index contributed by atoms with van der Waals surface area (Å²) in [5, 5.41) is 0. The lowest BCUT2D eigenvalue weighted by Gasteiger charge is -2.27. The Kier molecular flexibility index (Phi) is 5.43. The zero-order valence-corrected chi connectivity index (χ0v) is 14.2. The van der Waals surface area contributed by atoms with Crippen molar-refractivity contribution in [3.63, 3.8) is 0 Å². The molecule has 0 aliphatic carbocycles. The Hall–Kier alpha value is -2.39. The van der Waals surface area contributed by atoms with Crippen LogP contribution in [0, 0.1) is 29.1 Å². The standard InChI is InChI=1S/C16H16F5NO4/c1-16(2,3)26-15(24)22-6-4-5-7(22)14(23)25-13-11(20)9(18)8(17)10(19)12(13)21/h7H,4-6H2,1-3H3. The fourth-order valence-electron chi connectivity index (χ4n) is 2.39. The summed E-state index contributed by atoms with van der Waals surface area (Å²) in [4.78, 5) is 25.2. The van der Waals surface area contributed by atoms with Crippen LogP contribution < -0.4 is 4.74 Å². The second-order valence-electron chi connectivity index (χ2n) is 6.65. The van der Waals surface area contributed by atoms with Crippen LogP contribution in [0.4, 0.5) is 26.7 Å². The minimum absolute atomic E-state index is 0.0907. The molecule has 0 aromatic heterocycles. The average Bonchev–Trinajstić information content (AvgIpc) is 3.03. The number of nitrogens with zero attached hydrogens (tertiary/aromatic N) is 1. The van der Waals surface area contributed by atoms with Gasteiger partial charge >= 0.3 is 12.1 Å². The van der Waals surface area contributed by atoms with Gasteiger partial charge in [0.05, 0.1) is 0 Å². The van der Waals surface area contributed by atoms with Crippen molar-refractivity contribution in [3.8, 4) is 5.75 Å². The molecule has 1 atom stereocenters. The number of likely N-dealkylation sites (tertiary alicyclic amines) is 1. The number of ether oxygens (including phenoxy) is 2. The molecule has 1 unspecified atom stereocenters. The fraction of sp³-hybridized carbons (Fsp3) is 0.500. The van der Waals surface area contributed by atoms with Crippen LogP contribution in [0.3, 0.4) is 0 Å². The summed E-state index contributed by atoms with van der Waals surface area (Å²) in [6, 6.07) is -1.26. The number of hydrogen-bond donors (Lipinski definition) is 0. The van der Waals surface area contributed by atoms with Crippen molar-refractivity contribution in [2.75, 3.05) is 6.54 Å². The molecule has 0 saturated carbocycles. The Morgan fingerprint density at radius 3 is 1.96 bits per heavy atom. The smallest absolute Gasteiger partial charge is 0.411 e. The van der Waals surface area contributed by atoms with Crippen LogP contribution in [-0.2, 0) is 9.53 Å². The van der Waals surface area contributed by atoms with Crippen LogP contribution in [-0.4, -0.2) is 35.2 Å². The van der Waals surface area contributed by atoms with E-state index in [-0.39, 0.29) is 13.0 Å². The molecule has 2 rings (SSSR count). The third kappa shape index (κ3) is 3.88. The van der Waals surface area contributed by atoms with Gasteiger partial charge in [0.25, 0.3) is 0 Å². The van der Waals surface area contributed by atoms with E-state index in [0.717, 1.165) is 4.90 Å². The van der Waals surface area contributed by atoms with Gasteiger partial charge in [0.15, 0.2) is 0 Å². The van der Waals surface area contributed by atoms with Crippen LogP contribution in [0.5, 0.6) is 5.75 Å². The molecule has 0 spiro atoms. The van der Waals surface area contributed by atoms with Crippen LogP contribution in [0.15, 0.2) is 0 Å². The maximum atomic E-state index is 13.6. The van der Waals surface area contributed by atoms with E-state index >= 15 is 0 Å². The topological polar surface area (TPSA) is 55.8 Å². The van der Waals surface area contributed by atoms with Crippen molar-refractivity contribution >= 4 is 12.1 Å². The molecule has 144 valence electrons. The van der Waals surface area contributed by atoms with Gasteiger partial charge in [0, 0.05) is 6.54 Å². The first-order valence-electron chi connectivity index (χ1n) is 7.66. The van der Waals surface area contributed by atoms with Crippen molar-refractivity contribution in [3.05, 3.63) is 29.1 Å². The van der Waals surface area contributed by atoms with Gasteiger partial charge in [-0.05, 0) is 33.6 Å². The second kappa shape index (κ2) is 7.08. The summed E-state index contributed by atoms with van der Waals surface area (Å²) in [6.45, 7) is 4.92. The molecule has 1 fully saturated rings. The summed E-state index contributed by atoms with van der Waals surface area (Å²) in [6.07, 6.45) is -0.391. The van der Waals surface area contributed by atoms with Crippen molar-refractivity contribution in [2.45, 2.75) is 45.3 Å². The number of carbonyl (C=O) groups is 2. The third-order valence-electron chi connectivity index (χ3n) is 3.53. The Labute approximate surface area is 145 Å². The molecule has 0 bridgehead atoms. The van der Waals surface area contributed by atoms with Crippen molar-refractivity contribution < 1.29 is 41.0 Å². The van der Waals surface area contributed by atoms with E-state index in [2.05, 4.69) is 4.74 Å². The number of carbonyl (C=O) groups excluding carboxylic acids is 2. The summed E-state index contributed by atoms with van der Waals surface area (Å²) in [7, 11) is 0. The van der Waals surface area contributed by atoms with E-state index < -0.39 is 58.5 Å². The van der Waals surface area contributed by atoms with Gasteiger partial charge in [-0.1, -0.05) is 0 Å². The van der Waals surface area contributed by atoms with Crippen LogP contribution in [0.25, 0.3) is 0 Å². The predicted molar refractivity (Wildman–Crippen MR) is 77.8 cm³/mol. The number of rotatable bonds is 2. The summed E-state index contributed by atoms with van der Waals surface area (Å²) in [5.74, 6) is -14.4. The van der Waals surface area contributed by atoms with E-state index in [1.54, 1.807) is 20.8 Å². The second-order valence-corrected chi connectivity index (χ2v) is 6.65. The molecule has 1 amide bonds. The zero-order chi connectivity index (χ0) is 19.8. The number of esters is 1. The number of halogens is 5. The molecule has 0 radical (unpaired) electrons. The van der Waals surface area contributed by atoms with Gasteiger partial charge in [0.2, 0.25) is 34.8 Å². The largest absolute Gasteiger partial charge is 0.444 e. The Bertz CT molecular complexity index is 718. The van der Waals surface area contributed by atoms with E-state index in [1.165, 1.54) is 0 Å². The van der Waals surface area contributed by atoms with Gasteiger partial charge in [-0.15, -0.1) is 0 Å². The first-order chi connectivity index (χ1) is 11.9. The lowest BCUT2D eigenvalue weighted by molar-refractivity contribution is -0.139. The Balaban J connectivity index is 2.24. The highest BCUT2D eigenvalue weighted by molar-refractivity contribution is 5.83. The van der Waals surface area contributed by atoms with E-state index in [0.29, 0.717) is 6.42 Å². The molecule has 5 nitrogen and oxygen atoms in total. The van der Waals surface area contributed by atoms with Crippen molar-refractivity contribution in [1.29, 1.82) is 0 Å². The predicted octanol–water partition coefficient (Wildman–Crippen LogP) is 3.69. The number of amides is 1. The van der Waals surface area contributed by atoms with Gasteiger partial charge < -0.3 is 9.47 Å². The maximum Gasteiger partial charge on any atom is 0.411 e. The highest BCUT2D eigenvalue weighted by Crippen LogP contribution is 2.30. The molecule has 1 aliphatic heterocycles. The van der Waals surface area contributed by atoms with Crippen LogP contribution in [0.2, 0.25) is 0 Å². The summed E-state index contributed by atoms with van der Waals surface area (Å²) >= 11 is 0. The average molecular weight is 381 g/mol. The molecule has 1 aliphatic rings. The van der Waals surface area contributed by atoms with Gasteiger partial charge in [-0.3, -0.25) is 4.90 Å². The molecular weight excluding hydrogens is 365 g/mol. The first kappa shape index (κ1) is 19.9. The van der Waals surface area contributed by atoms with Gasteiger partial charge in [0.1, 0.15) is 11.6 Å². The molecule has 10 heteroatoms. The Morgan fingerprint density at radius 1 is 0.962 bits per heavy atom. The van der Waals surface area contributed by atoms with E-state index in [9.17, 15) is 31.5 Å². The lowest BCUT2D eigenvalue weighted by Crippen LogP contribution is -2.45. The molecule has 1 heterocycles. The Morgan fingerprint density at radius 2 is 1.46 bits per heavy atom. The minimum Gasteiger partial charge on any atom is -0.444 e. The summed E-state index contributed by atoms with van der Waals surface area (Å²) in [5.41, 5.74) is -0.852. The molecule has 1 saturated heterocycles. The highest BCUT2D eigenvalue weighted by atomic mass is 19.2. The lowest BCUT2D eigenvalue weighted by atomic mass is 10.2.